The van der Waals surface area contributed by atoms with Crippen molar-refractivity contribution in [3.63, 3.8) is 0 Å². The van der Waals surface area contributed by atoms with Gasteiger partial charge >= 0.3 is 5.97 Å². The van der Waals surface area contributed by atoms with E-state index in [0.717, 1.165) is 29.2 Å². The molecule has 1 heterocycles. The third-order valence-corrected chi connectivity index (χ3v) is 4.16. The molecular weight excluding hydrogens is 302 g/mol. The minimum absolute atomic E-state index is 0.0320. The van der Waals surface area contributed by atoms with Gasteiger partial charge in [-0.2, -0.15) is 0 Å². The standard InChI is InChI=1S/C16H21NO4S/c1-11-15(17-12(2)21-11)6-7-20-14-5-3-4-13(8-14)9-22-10-16(18)19/h3-5,8,12,17H,6-7,9-10H2,1-2H3,(H,18,19). The zero-order chi connectivity index (χ0) is 15.9. The average molecular weight is 323 g/mol. The molecule has 1 aliphatic rings. The SMILES string of the molecule is CC1=C(CCOc2cccc(CSCC(=O)O)c2)NC(C)O1. The van der Waals surface area contributed by atoms with Crippen molar-refractivity contribution >= 4 is 17.7 Å². The quantitative estimate of drug-likeness (QED) is 0.766. The molecule has 0 aromatic heterocycles. The molecule has 0 amide bonds. The fourth-order valence-electron chi connectivity index (χ4n) is 2.21. The summed E-state index contributed by atoms with van der Waals surface area (Å²) in [7, 11) is 0. The summed E-state index contributed by atoms with van der Waals surface area (Å²) in [6, 6.07) is 7.77. The Morgan fingerprint density at radius 1 is 1.50 bits per heavy atom. The highest BCUT2D eigenvalue weighted by molar-refractivity contribution is 7.99. The van der Waals surface area contributed by atoms with Crippen molar-refractivity contribution < 1.29 is 19.4 Å². The van der Waals surface area contributed by atoms with Crippen LogP contribution >= 0.6 is 11.8 Å². The van der Waals surface area contributed by atoms with Crippen LogP contribution in [-0.4, -0.2) is 29.7 Å². The van der Waals surface area contributed by atoms with Crippen LogP contribution in [0.2, 0.25) is 0 Å². The van der Waals surface area contributed by atoms with Crippen LogP contribution in [0.3, 0.4) is 0 Å². The molecule has 0 fully saturated rings. The number of hydrogen-bond donors (Lipinski definition) is 2. The molecule has 0 spiro atoms. The van der Waals surface area contributed by atoms with E-state index in [-0.39, 0.29) is 12.0 Å². The number of carboxylic acids is 1. The largest absolute Gasteiger partial charge is 0.493 e. The fourth-order valence-corrected chi connectivity index (χ4v) is 2.91. The van der Waals surface area contributed by atoms with E-state index in [2.05, 4.69) is 5.32 Å². The number of ether oxygens (including phenoxy) is 2. The smallest absolute Gasteiger partial charge is 0.313 e. The Morgan fingerprint density at radius 3 is 3.00 bits per heavy atom. The Hall–Kier alpha value is -1.82. The highest BCUT2D eigenvalue weighted by atomic mass is 32.2. The Bertz CT molecular complexity index is 559. The van der Waals surface area contributed by atoms with E-state index < -0.39 is 5.97 Å². The van der Waals surface area contributed by atoms with Gasteiger partial charge in [0, 0.05) is 12.2 Å². The van der Waals surface area contributed by atoms with E-state index in [0.29, 0.717) is 12.4 Å². The number of allylic oxidation sites excluding steroid dienone is 1. The Kier molecular flexibility index (Phi) is 6.00. The van der Waals surface area contributed by atoms with E-state index in [1.807, 2.05) is 38.1 Å². The highest BCUT2D eigenvalue weighted by Gasteiger charge is 2.17. The van der Waals surface area contributed by atoms with Gasteiger partial charge in [0.1, 0.15) is 11.5 Å². The third-order valence-electron chi connectivity index (χ3n) is 3.17. The second-order valence-electron chi connectivity index (χ2n) is 5.07. The first-order chi connectivity index (χ1) is 10.5. The number of hydrogen-bond acceptors (Lipinski definition) is 5. The number of nitrogens with one attached hydrogen (secondary N) is 1. The lowest BCUT2D eigenvalue weighted by Crippen LogP contribution is -2.20. The lowest BCUT2D eigenvalue weighted by molar-refractivity contribution is -0.133. The summed E-state index contributed by atoms with van der Waals surface area (Å²) < 4.78 is 11.3. The van der Waals surface area contributed by atoms with Gasteiger partial charge in [-0.15, -0.1) is 11.8 Å². The van der Waals surface area contributed by atoms with Crippen LogP contribution in [0, 0.1) is 0 Å². The van der Waals surface area contributed by atoms with E-state index in [4.69, 9.17) is 14.6 Å². The maximum Gasteiger partial charge on any atom is 0.313 e. The molecule has 6 heteroatoms. The molecule has 1 aromatic carbocycles. The monoisotopic (exact) mass is 323 g/mol. The van der Waals surface area contributed by atoms with Crippen LogP contribution < -0.4 is 10.1 Å². The highest BCUT2D eigenvalue weighted by Crippen LogP contribution is 2.20. The topological polar surface area (TPSA) is 67.8 Å². The molecule has 0 saturated carbocycles. The van der Waals surface area contributed by atoms with Crippen molar-refractivity contribution in [2.24, 2.45) is 0 Å². The van der Waals surface area contributed by atoms with Crippen LogP contribution in [0.4, 0.5) is 0 Å². The van der Waals surface area contributed by atoms with Crippen LogP contribution in [0.15, 0.2) is 35.7 Å². The van der Waals surface area contributed by atoms with Gasteiger partial charge < -0.3 is 19.9 Å². The molecule has 1 aliphatic heterocycles. The normalized spacial score (nSPS) is 17.1. The van der Waals surface area contributed by atoms with Crippen molar-refractivity contribution in [3.05, 3.63) is 41.3 Å². The van der Waals surface area contributed by atoms with Gasteiger partial charge in [-0.05, 0) is 31.5 Å². The summed E-state index contributed by atoms with van der Waals surface area (Å²) in [5.74, 6) is 1.72. The van der Waals surface area contributed by atoms with Crippen molar-refractivity contribution in [1.29, 1.82) is 0 Å². The van der Waals surface area contributed by atoms with Crippen molar-refractivity contribution in [3.8, 4) is 5.75 Å². The zero-order valence-electron chi connectivity index (χ0n) is 12.8. The maximum atomic E-state index is 10.5. The number of carbonyl (C=O) groups is 1. The molecule has 1 atom stereocenters. The molecule has 120 valence electrons. The lowest BCUT2D eigenvalue weighted by Gasteiger charge is -2.09. The molecule has 5 nitrogen and oxygen atoms in total. The van der Waals surface area contributed by atoms with Crippen molar-refractivity contribution in [2.45, 2.75) is 32.2 Å². The van der Waals surface area contributed by atoms with E-state index >= 15 is 0 Å². The minimum atomic E-state index is -0.790. The summed E-state index contributed by atoms with van der Waals surface area (Å²) >= 11 is 1.38. The summed E-state index contributed by atoms with van der Waals surface area (Å²) in [6.45, 7) is 4.49. The van der Waals surface area contributed by atoms with Crippen LogP contribution in [-0.2, 0) is 15.3 Å². The first-order valence-electron chi connectivity index (χ1n) is 7.19. The van der Waals surface area contributed by atoms with E-state index in [9.17, 15) is 4.79 Å². The van der Waals surface area contributed by atoms with Gasteiger partial charge in [-0.1, -0.05) is 12.1 Å². The second-order valence-corrected chi connectivity index (χ2v) is 6.06. The summed E-state index contributed by atoms with van der Waals surface area (Å²) in [4.78, 5) is 10.5. The van der Waals surface area contributed by atoms with Gasteiger partial charge in [-0.25, -0.2) is 0 Å². The van der Waals surface area contributed by atoms with Crippen molar-refractivity contribution in [1.82, 2.24) is 5.32 Å². The molecular formula is C16H21NO4S. The predicted molar refractivity (Wildman–Crippen MR) is 86.7 cm³/mol. The molecule has 22 heavy (non-hydrogen) atoms. The average Bonchev–Trinajstić information content (AvgIpc) is 2.77. The maximum absolute atomic E-state index is 10.5. The summed E-state index contributed by atoms with van der Waals surface area (Å²) in [5, 5.41) is 11.9. The lowest BCUT2D eigenvalue weighted by atomic mass is 10.2. The Morgan fingerprint density at radius 2 is 2.32 bits per heavy atom. The number of carboxylic acid groups (broad SMARTS) is 1. The van der Waals surface area contributed by atoms with Gasteiger partial charge in [0.15, 0.2) is 6.23 Å². The molecule has 2 N–H and O–H groups in total. The van der Waals surface area contributed by atoms with Gasteiger partial charge in [0.25, 0.3) is 0 Å². The molecule has 1 aromatic rings. The van der Waals surface area contributed by atoms with Gasteiger partial charge in [0.2, 0.25) is 0 Å². The first kappa shape index (κ1) is 16.5. The second kappa shape index (κ2) is 7.98. The fraction of sp³-hybridized carbons (Fsp3) is 0.438. The molecule has 0 saturated heterocycles. The molecule has 0 radical (unpaired) electrons. The summed E-state index contributed by atoms with van der Waals surface area (Å²) in [5.41, 5.74) is 2.15. The Balaban J connectivity index is 1.78. The molecule has 0 aliphatic carbocycles. The Labute approximate surface area is 134 Å². The van der Waals surface area contributed by atoms with E-state index in [1.54, 1.807) is 0 Å². The number of thioether (sulfide) groups is 1. The predicted octanol–water partition coefficient (Wildman–Crippen LogP) is 2.97. The summed E-state index contributed by atoms with van der Waals surface area (Å²) in [6.07, 6.45) is 0.804. The van der Waals surface area contributed by atoms with Gasteiger partial charge in [-0.3, -0.25) is 4.79 Å². The number of benzene rings is 1. The molecule has 0 bridgehead atoms. The van der Waals surface area contributed by atoms with Crippen molar-refractivity contribution in [2.75, 3.05) is 12.4 Å². The van der Waals surface area contributed by atoms with Crippen LogP contribution in [0.1, 0.15) is 25.8 Å². The van der Waals surface area contributed by atoms with E-state index in [1.165, 1.54) is 11.8 Å². The molecule has 2 rings (SSSR count). The number of rotatable bonds is 8. The van der Waals surface area contributed by atoms with Gasteiger partial charge in [0.05, 0.1) is 18.1 Å². The zero-order valence-corrected chi connectivity index (χ0v) is 13.6. The number of aliphatic carboxylic acids is 1. The third kappa shape index (κ3) is 5.18. The van der Waals surface area contributed by atoms with Crippen LogP contribution in [0.25, 0.3) is 0 Å². The van der Waals surface area contributed by atoms with Crippen LogP contribution in [0.5, 0.6) is 5.75 Å². The first-order valence-corrected chi connectivity index (χ1v) is 8.34. The molecule has 1 unspecified atom stereocenters. The minimum Gasteiger partial charge on any atom is -0.493 e.